The van der Waals surface area contributed by atoms with Crippen molar-refractivity contribution in [1.29, 1.82) is 0 Å². The van der Waals surface area contributed by atoms with Crippen molar-refractivity contribution in [2.24, 2.45) is 0 Å². The lowest BCUT2D eigenvalue weighted by Crippen LogP contribution is -2.42. The first-order valence-corrected chi connectivity index (χ1v) is 24.3. The van der Waals surface area contributed by atoms with Crippen molar-refractivity contribution >= 4 is 29.3 Å². The number of hydrogen-bond acceptors (Lipinski definition) is 14. The van der Waals surface area contributed by atoms with E-state index in [4.69, 9.17) is 37.9 Å². The first kappa shape index (κ1) is 57.2. The average molecular weight is 1010 g/mol. The highest BCUT2D eigenvalue weighted by Gasteiger charge is 2.30. The molecular weight excluding hydrogens is 942 g/mol. The van der Waals surface area contributed by atoms with Crippen molar-refractivity contribution in [1.82, 2.24) is 20.1 Å². The number of pyridine rings is 1. The van der Waals surface area contributed by atoms with Crippen LogP contribution in [0.4, 0.5) is 29.3 Å². The number of carbonyl (C=O) groups is 3. The number of nitrogens with zero attached hydrogens (tertiary/aromatic N) is 4. The van der Waals surface area contributed by atoms with Crippen LogP contribution in [0.25, 0.3) is 11.3 Å². The van der Waals surface area contributed by atoms with Gasteiger partial charge in [0.1, 0.15) is 6.61 Å². The molecule has 2 N–H and O–H groups in total. The van der Waals surface area contributed by atoms with Gasteiger partial charge in [-0.25, -0.2) is 4.79 Å². The molecule has 17 nitrogen and oxygen atoms in total. The van der Waals surface area contributed by atoms with Crippen LogP contribution in [0.15, 0.2) is 85.1 Å². The minimum Gasteiger partial charge on any atom is -0.447 e. The van der Waals surface area contributed by atoms with Gasteiger partial charge in [0.15, 0.2) is 0 Å². The quantitative estimate of drug-likeness (QED) is 0.0490. The number of benzene rings is 3. The highest BCUT2D eigenvalue weighted by molar-refractivity contribution is 6.06. The maximum Gasteiger partial charge on any atom is 0.416 e. The van der Waals surface area contributed by atoms with Gasteiger partial charge in [-0.1, -0.05) is 24.3 Å². The van der Waals surface area contributed by atoms with E-state index in [1.807, 2.05) is 32.0 Å². The summed E-state index contributed by atoms with van der Waals surface area (Å²) in [7, 11) is 1.72. The van der Waals surface area contributed by atoms with Gasteiger partial charge in [-0.2, -0.15) is 13.2 Å². The minimum absolute atomic E-state index is 0.108. The zero-order valence-electron chi connectivity index (χ0n) is 41.6. The van der Waals surface area contributed by atoms with Crippen LogP contribution in [0.2, 0.25) is 0 Å². The molecular formula is C52H69F3N6O11. The number of alkyl halides is 3. The number of morpholine rings is 1. The Kier molecular flexibility index (Phi) is 25.2. The van der Waals surface area contributed by atoms with Crippen LogP contribution in [0.5, 0.6) is 0 Å². The summed E-state index contributed by atoms with van der Waals surface area (Å²) < 4.78 is 83.9. The molecule has 72 heavy (non-hydrogen) atoms. The number of anilines is 2. The van der Waals surface area contributed by atoms with Gasteiger partial charge in [0.05, 0.1) is 109 Å². The van der Waals surface area contributed by atoms with Gasteiger partial charge in [0, 0.05) is 81.4 Å². The second kappa shape index (κ2) is 31.7. The zero-order valence-corrected chi connectivity index (χ0v) is 41.6. The number of rotatable bonds is 32. The molecule has 20 heteroatoms. The molecule has 3 amide bonds. The molecule has 1 fully saturated rings. The minimum atomic E-state index is -4.50. The number of aromatic nitrogens is 1. The first-order chi connectivity index (χ1) is 34.9. The molecule has 5 rings (SSSR count). The molecule has 394 valence electrons. The van der Waals surface area contributed by atoms with E-state index in [0.29, 0.717) is 107 Å². The van der Waals surface area contributed by atoms with Gasteiger partial charge < -0.3 is 58.3 Å². The Hall–Kier alpha value is -5.71. The van der Waals surface area contributed by atoms with Crippen molar-refractivity contribution in [2.45, 2.75) is 33.2 Å². The Bertz CT molecular complexity index is 2250. The normalized spacial score (nSPS) is 12.9. The van der Waals surface area contributed by atoms with Gasteiger partial charge in [0.2, 0.25) is 0 Å². The Morgan fingerprint density at radius 3 is 1.93 bits per heavy atom. The largest absolute Gasteiger partial charge is 0.447 e. The monoisotopic (exact) mass is 1010 g/mol. The van der Waals surface area contributed by atoms with Gasteiger partial charge >= 0.3 is 12.3 Å². The van der Waals surface area contributed by atoms with Crippen molar-refractivity contribution < 1.29 is 65.4 Å². The van der Waals surface area contributed by atoms with Gasteiger partial charge in [-0.05, 0) is 79.6 Å². The molecule has 2 heterocycles. The second-order valence-corrected chi connectivity index (χ2v) is 16.5. The van der Waals surface area contributed by atoms with Gasteiger partial charge in [-0.3, -0.25) is 19.5 Å². The fourth-order valence-electron chi connectivity index (χ4n) is 7.29. The summed E-state index contributed by atoms with van der Waals surface area (Å²) in [6, 6.07) is 20.6. The highest BCUT2D eigenvalue weighted by atomic mass is 19.4. The van der Waals surface area contributed by atoms with E-state index in [9.17, 15) is 27.6 Å². The van der Waals surface area contributed by atoms with E-state index in [1.165, 1.54) is 24.4 Å². The topological polar surface area (TPSA) is 172 Å². The third-order valence-electron chi connectivity index (χ3n) is 11.3. The van der Waals surface area contributed by atoms with E-state index in [0.717, 1.165) is 69.3 Å². The number of carbonyl (C=O) groups excluding carboxylic acids is 3. The first-order valence-electron chi connectivity index (χ1n) is 24.3. The molecule has 0 radical (unpaired) electrons. The molecule has 0 spiro atoms. The Morgan fingerprint density at radius 2 is 1.29 bits per heavy atom. The SMILES string of the molecule is CCN(CC)c1ccc(NC(=O)c2cccc(COCCOCCOCCOCCOCCOCCOC(=O)N(C)CCN3CCOCC3)c2)c(-c2cc(C(=O)NCc3cccc(C(F)(F)F)c3)ccn2)c1. The maximum atomic E-state index is 13.7. The molecule has 0 unspecified atom stereocenters. The van der Waals surface area contributed by atoms with Gasteiger partial charge in [0.25, 0.3) is 11.8 Å². The summed E-state index contributed by atoms with van der Waals surface area (Å²) in [5.74, 6) is -0.855. The number of likely N-dealkylation sites (N-methyl/N-ethyl adjacent to an activating group) is 1. The molecule has 0 aliphatic carbocycles. The molecule has 3 aromatic carbocycles. The molecule has 1 saturated heterocycles. The van der Waals surface area contributed by atoms with Gasteiger partial charge in [-0.15, -0.1) is 0 Å². The lowest BCUT2D eigenvalue weighted by atomic mass is 10.0. The predicted molar refractivity (Wildman–Crippen MR) is 265 cm³/mol. The Labute approximate surface area is 420 Å². The summed E-state index contributed by atoms with van der Waals surface area (Å²) >= 11 is 0. The van der Waals surface area contributed by atoms with E-state index >= 15 is 0 Å². The molecule has 1 aliphatic rings. The van der Waals surface area contributed by atoms with Crippen molar-refractivity contribution in [3.05, 3.63) is 113 Å². The molecule has 0 bridgehead atoms. The molecule has 4 aromatic rings. The summed E-state index contributed by atoms with van der Waals surface area (Å²) in [5, 5.41) is 5.71. The highest BCUT2D eigenvalue weighted by Crippen LogP contribution is 2.33. The third kappa shape index (κ3) is 20.4. The van der Waals surface area contributed by atoms with E-state index in [2.05, 4.69) is 25.4 Å². The van der Waals surface area contributed by atoms with E-state index in [1.54, 1.807) is 42.3 Å². The number of amides is 3. The lowest BCUT2D eigenvalue weighted by Gasteiger charge is -2.28. The third-order valence-corrected chi connectivity index (χ3v) is 11.3. The molecule has 0 saturated carbocycles. The smallest absolute Gasteiger partial charge is 0.416 e. The van der Waals surface area contributed by atoms with Crippen LogP contribution >= 0.6 is 0 Å². The lowest BCUT2D eigenvalue weighted by molar-refractivity contribution is -0.137. The van der Waals surface area contributed by atoms with E-state index < -0.39 is 17.6 Å². The summed E-state index contributed by atoms with van der Waals surface area (Å²) in [4.78, 5) is 49.6. The second-order valence-electron chi connectivity index (χ2n) is 16.5. The maximum absolute atomic E-state index is 13.7. The fraction of sp³-hybridized carbons (Fsp3) is 0.500. The summed E-state index contributed by atoms with van der Waals surface area (Å²) in [5.41, 5.74) is 3.32. The predicted octanol–water partition coefficient (Wildman–Crippen LogP) is 6.80. The number of ether oxygens (including phenoxy) is 8. The van der Waals surface area contributed by atoms with Crippen LogP contribution in [0.3, 0.4) is 0 Å². The Morgan fingerprint density at radius 1 is 0.694 bits per heavy atom. The molecule has 1 aliphatic heterocycles. The van der Waals surface area contributed by atoms with Crippen LogP contribution in [-0.4, -0.2) is 172 Å². The van der Waals surface area contributed by atoms with Crippen LogP contribution in [-0.2, 0) is 57.2 Å². The number of nitrogens with one attached hydrogen (secondary N) is 2. The fourth-order valence-corrected chi connectivity index (χ4v) is 7.29. The van der Waals surface area contributed by atoms with Crippen molar-refractivity contribution in [2.75, 3.05) is 149 Å². The van der Waals surface area contributed by atoms with Crippen LogP contribution < -0.4 is 15.5 Å². The standard InChI is InChI=1S/C52H69F3N6O11/c1-4-61(5-2)45-12-13-47(46(37-45)48-36-43(14-15-56-48)49(62)57-38-40-8-7-11-44(35-40)52(53,54)55)58-50(63)42-10-6-9-41(34-42)39-71-31-30-69-27-26-67-23-22-66-24-25-68-28-29-70-32-33-72-51(64)59(3)16-17-60-18-20-65-21-19-60/h6-15,34-37H,4-5,16-33,38-39H2,1-3H3,(H,57,62)(H,58,63). The van der Waals surface area contributed by atoms with Crippen LogP contribution in [0.1, 0.15) is 51.3 Å². The average Bonchev–Trinajstić information content (AvgIpc) is 3.39. The Balaban J connectivity index is 0.934. The number of hydrogen-bond donors (Lipinski definition) is 2. The molecule has 0 atom stereocenters. The zero-order chi connectivity index (χ0) is 51.4. The van der Waals surface area contributed by atoms with Crippen molar-refractivity contribution in [3.63, 3.8) is 0 Å². The summed E-state index contributed by atoms with van der Waals surface area (Å²) in [6.07, 6.45) is -3.39. The van der Waals surface area contributed by atoms with E-state index in [-0.39, 0.29) is 37.3 Å². The number of halogens is 3. The molecule has 1 aromatic heterocycles. The van der Waals surface area contributed by atoms with Crippen LogP contribution in [0, 0.1) is 0 Å². The van der Waals surface area contributed by atoms with Crippen molar-refractivity contribution in [3.8, 4) is 11.3 Å². The summed E-state index contributed by atoms with van der Waals surface area (Å²) in [6.45, 7) is 14.7.